The molecule has 1 saturated heterocycles. The molecular formula is C15H20ClN3. The van der Waals surface area contributed by atoms with Gasteiger partial charge in [-0.05, 0) is 51.4 Å². The number of halogens is 1. The van der Waals surface area contributed by atoms with Gasteiger partial charge < -0.3 is 4.98 Å². The smallest absolute Gasteiger partial charge is 0.124 e. The van der Waals surface area contributed by atoms with Crippen LogP contribution in [0.1, 0.15) is 45.0 Å². The van der Waals surface area contributed by atoms with Gasteiger partial charge in [-0.15, -0.1) is 0 Å². The number of H-pyrrole nitrogens is 1. The van der Waals surface area contributed by atoms with E-state index in [2.05, 4.69) is 23.7 Å². The second kappa shape index (κ2) is 5.14. The minimum atomic E-state index is 0.335. The molecule has 0 radical (unpaired) electrons. The number of hydrogen-bond acceptors (Lipinski definition) is 2. The molecule has 4 heteroatoms. The number of piperidine rings is 1. The number of rotatable bonds is 2. The van der Waals surface area contributed by atoms with Crippen LogP contribution in [0.3, 0.4) is 0 Å². The van der Waals surface area contributed by atoms with Crippen LogP contribution in [0.4, 0.5) is 0 Å². The van der Waals surface area contributed by atoms with Crippen LogP contribution in [0.15, 0.2) is 18.2 Å². The quantitative estimate of drug-likeness (QED) is 0.894. The van der Waals surface area contributed by atoms with Crippen molar-refractivity contribution < 1.29 is 0 Å². The van der Waals surface area contributed by atoms with Gasteiger partial charge in [0.1, 0.15) is 5.82 Å². The molecule has 3 rings (SSSR count). The van der Waals surface area contributed by atoms with Crippen molar-refractivity contribution >= 4 is 22.6 Å². The van der Waals surface area contributed by atoms with Gasteiger partial charge in [-0.3, -0.25) is 4.90 Å². The number of nitrogens with zero attached hydrogens (tertiary/aromatic N) is 2. The SMILES string of the molecule is CC1CCCCN1C(C)c1nc2ccc(Cl)cc2[nH]1. The predicted octanol–water partition coefficient (Wildman–Crippen LogP) is 4.15. The highest BCUT2D eigenvalue weighted by atomic mass is 35.5. The number of hydrogen-bond donors (Lipinski definition) is 1. The van der Waals surface area contributed by atoms with E-state index in [4.69, 9.17) is 16.6 Å². The molecule has 19 heavy (non-hydrogen) atoms. The van der Waals surface area contributed by atoms with Crippen molar-refractivity contribution in [3.63, 3.8) is 0 Å². The van der Waals surface area contributed by atoms with Crippen molar-refractivity contribution in [3.05, 3.63) is 29.0 Å². The third kappa shape index (κ3) is 2.49. The fourth-order valence-electron chi connectivity index (χ4n) is 3.05. The molecule has 2 heterocycles. The third-order valence-corrected chi connectivity index (χ3v) is 4.44. The van der Waals surface area contributed by atoms with Crippen molar-refractivity contribution in [2.24, 2.45) is 0 Å². The summed E-state index contributed by atoms with van der Waals surface area (Å²) in [6.45, 7) is 5.72. The molecule has 1 aliphatic heterocycles. The predicted molar refractivity (Wildman–Crippen MR) is 79.5 cm³/mol. The van der Waals surface area contributed by atoms with Crippen molar-refractivity contribution in [2.75, 3.05) is 6.54 Å². The summed E-state index contributed by atoms with van der Waals surface area (Å²) in [7, 11) is 0. The Kier molecular flexibility index (Phi) is 3.50. The molecular weight excluding hydrogens is 258 g/mol. The van der Waals surface area contributed by atoms with E-state index in [9.17, 15) is 0 Å². The molecule has 0 bridgehead atoms. The van der Waals surface area contributed by atoms with Crippen molar-refractivity contribution in [2.45, 2.75) is 45.2 Å². The van der Waals surface area contributed by atoms with E-state index in [0.29, 0.717) is 12.1 Å². The van der Waals surface area contributed by atoms with Gasteiger partial charge in [0, 0.05) is 11.1 Å². The Morgan fingerprint density at radius 2 is 2.26 bits per heavy atom. The third-order valence-electron chi connectivity index (χ3n) is 4.21. The second-order valence-corrected chi connectivity index (χ2v) is 5.98. The number of imidazole rings is 1. The maximum atomic E-state index is 6.02. The molecule has 0 aliphatic carbocycles. The summed E-state index contributed by atoms with van der Waals surface area (Å²) in [5.41, 5.74) is 2.02. The lowest BCUT2D eigenvalue weighted by molar-refractivity contribution is 0.110. The number of likely N-dealkylation sites (tertiary alicyclic amines) is 1. The lowest BCUT2D eigenvalue weighted by Crippen LogP contribution is -2.39. The van der Waals surface area contributed by atoms with Crippen LogP contribution in [0.25, 0.3) is 11.0 Å². The fourth-order valence-corrected chi connectivity index (χ4v) is 3.22. The van der Waals surface area contributed by atoms with E-state index in [0.717, 1.165) is 21.9 Å². The van der Waals surface area contributed by atoms with Gasteiger partial charge in [0.25, 0.3) is 0 Å². The number of fused-ring (bicyclic) bond motifs is 1. The maximum Gasteiger partial charge on any atom is 0.124 e. The van der Waals surface area contributed by atoms with E-state index in [1.165, 1.54) is 25.8 Å². The number of nitrogens with one attached hydrogen (secondary N) is 1. The van der Waals surface area contributed by atoms with Crippen molar-refractivity contribution in [1.29, 1.82) is 0 Å². The molecule has 1 N–H and O–H groups in total. The first-order valence-corrected chi connectivity index (χ1v) is 7.44. The first-order chi connectivity index (χ1) is 9.15. The highest BCUT2D eigenvalue weighted by molar-refractivity contribution is 6.31. The minimum absolute atomic E-state index is 0.335. The van der Waals surface area contributed by atoms with Crippen LogP contribution in [-0.2, 0) is 0 Å². The van der Waals surface area contributed by atoms with Gasteiger partial charge in [-0.2, -0.15) is 0 Å². The zero-order chi connectivity index (χ0) is 13.4. The topological polar surface area (TPSA) is 31.9 Å². The van der Waals surface area contributed by atoms with Crippen LogP contribution >= 0.6 is 11.6 Å². The lowest BCUT2D eigenvalue weighted by atomic mass is 10.0. The van der Waals surface area contributed by atoms with E-state index in [1.54, 1.807) is 0 Å². The van der Waals surface area contributed by atoms with Gasteiger partial charge in [0.15, 0.2) is 0 Å². The Morgan fingerprint density at radius 3 is 3.05 bits per heavy atom. The monoisotopic (exact) mass is 277 g/mol. The molecule has 1 aliphatic rings. The number of aromatic amines is 1. The van der Waals surface area contributed by atoms with Crippen LogP contribution in [0, 0.1) is 0 Å². The first-order valence-electron chi connectivity index (χ1n) is 7.06. The van der Waals surface area contributed by atoms with Gasteiger partial charge in [-0.1, -0.05) is 18.0 Å². The molecule has 3 nitrogen and oxygen atoms in total. The molecule has 2 atom stereocenters. The summed E-state index contributed by atoms with van der Waals surface area (Å²) in [5, 5.41) is 0.752. The van der Waals surface area contributed by atoms with Crippen LogP contribution < -0.4 is 0 Å². The van der Waals surface area contributed by atoms with Gasteiger partial charge >= 0.3 is 0 Å². The normalized spacial score (nSPS) is 22.8. The lowest BCUT2D eigenvalue weighted by Gasteiger charge is -2.37. The molecule has 1 aromatic carbocycles. The van der Waals surface area contributed by atoms with Crippen molar-refractivity contribution in [3.8, 4) is 0 Å². The van der Waals surface area contributed by atoms with E-state index in [-0.39, 0.29) is 0 Å². The van der Waals surface area contributed by atoms with E-state index < -0.39 is 0 Å². The summed E-state index contributed by atoms with van der Waals surface area (Å²) >= 11 is 6.02. The molecule has 102 valence electrons. The molecule has 0 amide bonds. The molecule has 0 saturated carbocycles. The molecule has 2 unspecified atom stereocenters. The number of aromatic nitrogens is 2. The second-order valence-electron chi connectivity index (χ2n) is 5.54. The average Bonchev–Trinajstić information content (AvgIpc) is 2.81. The van der Waals surface area contributed by atoms with Gasteiger partial charge in [0.05, 0.1) is 17.1 Å². The van der Waals surface area contributed by atoms with Crippen LogP contribution in [-0.4, -0.2) is 27.5 Å². The Morgan fingerprint density at radius 1 is 1.42 bits per heavy atom. The summed E-state index contributed by atoms with van der Waals surface area (Å²) < 4.78 is 0. The number of benzene rings is 1. The summed E-state index contributed by atoms with van der Waals surface area (Å²) in [4.78, 5) is 10.7. The highest BCUT2D eigenvalue weighted by Crippen LogP contribution is 2.28. The Labute approximate surface area is 119 Å². The zero-order valence-corrected chi connectivity index (χ0v) is 12.2. The zero-order valence-electron chi connectivity index (χ0n) is 11.5. The fraction of sp³-hybridized carbons (Fsp3) is 0.533. The molecule has 1 aromatic heterocycles. The molecule has 1 fully saturated rings. The first kappa shape index (κ1) is 12.9. The van der Waals surface area contributed by atoms with Gasteiger partial charge in [-0.25, -0.2) is 4.98 Å². The highest BCUT2D eigenvalue weighted by Gasteiger charge is 2.25. The largest absolute Gasteiger partial charge is 0.341 e. The van der Waals surface area contributed by atoms with E-state index in [1.807, 2.05) is 18.2 Å². The summed E-state index contributed by atoms with van der Waals surface area (Å²) in [6.07, 6.45) is 3.93. The van der Waals surface area contributed by atoms with E-state index >= 15 is 0 Å². The summed E-state index contributed by atoms with van der Waals surface area (Å²) in [5.74, 6) is 1.05. The van der Waals surface area contributed by atoms with Crippen LogP contribution in [0.5, 0.6) is 0 Å². The molecule has 0 spiro atoms. The Bertz CT molecular complexity index is 578. The average molecular weight is 278 g/mol. The Hall–Kier alpha value is -1.06. The standard InChI is InChI=1S/C15H20ClN3/c1-10-5-3-4-8-19(10)11(2)15-17-13-7-6-12(16)9-14(13)18-15/h6-7,9-11H,3-5,8H2,1-2H3,(H,17,18). The van der Waals surface area contributed by atoms with Crippen molar-refractivity contribution in [1.82, 2.24) is 14.9 Å². The summed E-state index contributed by atoms with van der Waals surface area (Å²) in [6, 6.07) is 6.79. The Balaban J connectivity index is 1.90. The minimum Gasteiger partial charge on any atom is -0.341 e. The maximum absolute atomic E-state index is 6.02. The molecule has 2 aromatic rings. The van der Waals surface area contributed by atoms with Crippen LogP contribution in [0.2, 0.25) is 5.02 Å². The van der Waals surface area contributed by atoms with Gasteiger partial charge in [0.2, 0.25) is 0 Å².